The van der Waals surface area contributed by atoms with Crippen LogP contribution in [0.3, 0.4) is 0 Å². The SMILES string of the molecule is OC1CCCC=NC1. The minimum absolute atomic E-state index is 0.172. The molecule has 1 aliphatic rings. The first-order valence-electron chi connectivity index (χ1n) is 3.06. The predicted octanol–water partition coefficient (Wildman–Crippen LogP) is 0.602. The number of hydrogen-bond donors (Lipinski definition) is 1. The van der Waals surface area contributed by atoms with Crippen molar-refractivity contribution in [3.05, 3.63) is 0 Å². The van der Waals surface area contributed by atoms with Crippen molar-refractivity contribution in [3.8, 4) is 0 Å². The average Bonchev–Trinajstić information content (AvgIpc) is 1.94. The summed E-state index contributed by atoms with van der Waals surface area (Å²) < 4.78 is 0. The van der Waals surface area contributed by atoms with Crippen LogP contribution in [-0.4, -0.2) is 24.0 Å². The molecule has 0 bridgehead atoms. The molecule has 0 saturated carbocycles. The summed E-state index contributed by atoms with van der Waals surface area (Å²) >= 11 is 0. The van der Waals surface area contributed by atoms with Crippen molar-refractivity contribution in [2.45, 2.75) is 25.4 Å². The third-order valence-electron chi connectivity index (χ3n) is 1.32. The zero-order valence-electron chi connectivity index (χ0n) is 4.88. The summed E-state index contributed by atoms with van der Waals surface area (Å²) in [5, 5.41) is 8.98. The van der Waals surface area contributed by atoms with Gasteiger partial charge < -0.3 is 5.11 Å². The van der Waals surface area contributed by atoms with Crippen molar-refractivity contribution in [1.82, 2.24) is 0 Å². The van der Waals surface area contributed by atoms with Gasteiger partial charge in [0.1, 0.15) is 0 Å². The van der Waals surface area contributed by atoms with Gasteiger partial charge in [0.2, 0.25) is 0 Å². The van der Waals surface area contributed by atoms with E-state index in [1.807, 2.05) is 6.21 Å². The van der Waals surface area contributed by atoms with E-state index in [-0.39, 0.29) is 6.10 Å². The Bertz CT molecular complexity index is 90.5. The molecular formula is C6H11NO. The second-order valence-electron chi connectivity index (χ2n) is 2.13. The molecule has 0 radical (unpaired) electrons. The van der Waals surface area contributed by atoms with E-state index in [0.717, 1.165) is 19.3 Å². The van der Waals surface area contributed by atoms with Crippen LogP contribution in [0.15, 0.2) is 4.99 Å². The lowest BCUT2D eigenvalue weighted by Gasteiger charge is -2.00. The summed E-state index contributed by atoms with van der Waals surface area (Å²) in [4.78, 5) is 3.98. The Kier molecular flexibility index (Phi) is 2.03. The molecule has 0 fully saturated rings. The molecule has 0 aliphatic carbocycles. The molecule has 0 saturated heterocycles. The van der Waals surface area contributed by atoms with Gasteiger partial charge in [0, 0.05) is 0 Å². The molecule has 1 atom stereocenters. The molecule has 0 aromatic heterocycles. The van der Waals surface area contributed by atoms with Crippen LogP contribution >= 0.6 is 0 Å². The quantitative estimate of drug-likeness (QED) is 0.490. The van der Waals surface area contributed by atoms with Crippen molar-refractivity contribution in [2.75, 3.05) is 6.54 Å². The van der Waals surface area contributed by atoms with Gasteiger partial charge in [-0.05, 0) is 25.5 Å². The summed E-state index contributed by atoms with van der Waals surface area (Å²) in [6.45, 7) is 0.611. The van der Waals surface area contributed by atoms with E-state index in [1.165, 1.54) is 0 Å². The summed E-state index contributed by atoms with van der Waals surface area (Å²) in [6, 6.07) is 0. The number of aliphatic imine (C=N–C) groups is 1. The van der Waals surface area contributed by atoms with E-state index < -0.39 is 0 Å². The fourth-order valence-corrected chi connectivity index (χ4v) is 0.824. The summed E-state index contributed by atoms with van der Waals surface area (Å²) in [7, 11) is 0. The molecule has 0 amide bonds. The molecule has 1 N–H and O–H groups in total. The Morgan fingerprint density at radius 3 is 3.38 bits per heavy atom. The first kappa shape index (κ1) is 5.76. The molecule has 1 rings (SSSR count). The van der Waals surface area contributed by atoms with Gasteiger partial charge >= 0.3 is 0 Å². The molecule has 1 aliphatic heterocycles. The van der Waals surface area contributed by atoms with Crippen LogP contribution in [0.25, 0.3) is 0 Å². The van der Waals surface area contributed by atoms with Crippen LogP contribution in [0.1, 0.15) is 19.3 Å². The van der Waals surface area contributed by atoms with Crippen molar-refractivity contribution in [2.24, 2.45) is 4.99 Å². The maximum absolute atomic E-state index is 8.98. The number of aliphatic hydroxyl groups is 1. The van der Waals surface area contributed by atoms with E-state index in [4.69, 9.17) is 5.11 Å². The van der Waals surface area contributed by atoms with Gasteiger partial charge in [-0.3, -0.25) is 4.99 Å². The lowest BCUT2D eigenvalue weighted by Crippen LogP contribution is -2.07. The van der Waals surface area contributed by atoms with Crippen molar-refractivity contribution < 1.29 is 5.11 Å². The number of aliphatic hydroxyl groups excluding tert-OH is 1. The van der Waals surface area contributed by atoms with Crippen LogP contribution in [0.5, 0.6) is 0 Å². The average molecular weight is 113 g/mol. The maximum Gasteiger partial charge on any atom is 0.0735 e. The molecule has 0 aromatic carbocycles. The fourth-order valence-electron chi connectivity index (χ4n) is 0.824. The third kappa shape index (κ3) is 1.62. The minimum atomic E-state index is -0.172. The van der Waals surface area contributed by atoms with Crippen LogP contribution in [0.4, 0.5) is 0 Å². The van der Waals surface area contributed by atoms with Crippen LogP contribution in [-0.2, 0) is 0 Å². The van der Waals surface area contributed by atoms with Gasteiger partial charge in [0.05, 0.1) is 12.6 Å². The Morgan fingerprint density at radius 2 is 2.50 bits per heavy atom. The number of rotatable bonds is 0. The highest BCUT2D eigenvalue weighted by molar-refractivity contribution is 5.57. The van der Waals surface area contributed by atoms with Gasteiger partial charge in [0.25, 0.3) is 0 Å². The van der Waals surface area contributed by atoms with Crippen LogP contribution < -0.4 is 0 Å². The second-order valence-corrected chi connectivity index (χ2v) is 2.13. The van der Waals surface area contributed by atoms with Gasteiger partial charge in [0.15, 0.2) is 0 Å². The number of nitrogens with zero attached hydrogens (tertiary/aromatic N) is 1. The zero-order valence-corrected chi connectivity index (χ0v) is 4.88. The highest BCUT2D eigenvalue weighted by Crippen LogP contribution is 2.03. The van der Waals surface area contributed by atoms with Crippen molar-refractivity contribution >= 4 is 6.21 Å². The van der Waals surface area contributed by atoms with E-state index >= 15 is 0 Å². The largest absolute Gasteiger partial charge is 0.391 e. The first-order chi connectivity index (χ1) is 3.89. The lowest BCUT2D eigenvalue weighted by atomic mass is 10.2. The summed E-state index contributed by atoms with van der Waals surface area (Å²) in [5.41, 5.74) is 0. The Balaban J connectivity index is 2.30. The standard InChI is InChI=1S/C6H11NO/c8-6-3-1-2-4-7-5-6/h4,6,8H,1-3,5H2. The monoisotopic (exact) mass is 113 g/mol. The Morgan fingerprint density at radius 1 is 1.62 bits per heavy atom. The predicted molar refractivity (Wildman–Crippen MR) is 33.2 cm³/mol. The summed E-state index contributed by atoms with van der Waals surface area (Å²) in [6.07, 6.45) is 4.77. The maximum atomic E-state index is 8.98. The molecule has 1 heterocycles. The Labute approximate surface area is 49.2 Å². The van der Waals surface area contributed by atoms with Gasteiger partial charge in [-0.2, -0.15) is 0 Å². The second kappa shape index (κ2) is 2.82. The molecule has 2 heteroatoms. The molecule has 8 heavy (non-hydrogen) atoms. The van der Waals surface area contributed by atoms with Gasteiger partial charge in [-0.1, -0.05) is 0 Å². The molecule has 0 spiro atoms. The minimum Gasteiger partial charge on any atom is -0.391 e. The highest BCUT2D eigenvalue weighted by atomic mass is 16.3. The fraction of sp³-hybridized carbons (Fsp3) is 0.833. The molecule has 0 aromatic rings. The van der Waals surface area contributed by atoms with Crippen molar-refractivity contribution in [1.29, 1.82) is 0 Å². The lowest BCUT2D eigenvalue weighted by molar-refractivity contribution is 0.173. The molecule has 2 nitrogen and oxygen atoms in total. The van der Waals surface area contributed by atoms with E-state index in [0.29, 0.717) is 6.54 Å². The zero-order chi connectivity index (χ0) is 5.82. The highest BCUT2D eigenvalue weighted by Gasteiger charge is 2.03. The Hall–Kier alpha value is -0.370. The third-order valence-corrected chi connectivity index (χ3v) is 1.32. The molecule has 1 unspecified atom stereocenters. The van der Waals surface area contributed by atoms with E-state index in [9.17, 15) is 0 Å². The van der Waals surface area contributed by atoms with E-state index in [2.05, 4.69) is 4.99 Å². The van der Waals surface area contributed by atoms with Crippen LogP contribution in [0, 0.1) is 0 Å². The number of hydrogen-bond acceptors (Lipinski definition) is 2. The van der Waals surface area contributed by atoms with E-state index in [1.54, 1.807) is 0 Å². The van der Waals surface area contributed by atoms with Gasteiger partial charge in [-0.15, -0.1) is 0 Å². The normalized spacial score (nSPS) is 29.9. The van der Waals surface area contributed by atoms with Crippen molar-refractivity contribution in [3.63, 3.8) is 0 Å². The molecule has 46 valence electrons. The summed E-state index contributed by atoms with van der Waals surface area (Å²) in [5.74, 6) is 0. The first-order valence-corrected chi connectivity index (χ1v) is 3.06. The molecular weight excluding hydrogens is 102 g/mol. The van der Waals surface area contributed by atoms with Crippen LogP contribution in [0.2, 0.25) is 0 Å². The smallest absolute Gasteiger partial charge is 0.0735 e. The van der Waals surface area contributed by atoms with Gasteiger partial charge in [-0.25, -0.2) is 0 Å². The topological polar surface area (TPSA) is 32.6 Å².